The average Bonchev–Trinajstić information content (AvgIpc) is 3.05. The second-order valence-electron chi connectivity index (χ2n) is 4.58. The Morgan fingerprint density at radius 1 is 1.58 bits per heavy atom. The number of rotatable bonds is 4. The first kappa shape index (κ1) is 12.4. The van der Waals surface area contributed by atoms with Gasteiger partial charge in [0.15, 0.2) is 0 Å². The van der Waals surface area contributed by atoms with E-state index >= 15 is 0 Å². The highest BCUT2D eigenvalue weighted by molar-refractivity contribution is 7.09. The molecule has 2 unspecified atom stereocenters. The normalized spacial score (nSPS) is 18.9. The van der Waals surface area contributed by atoms with Crippen LogP contribution in [0.5, 0.6) is 11.5 Å². The molecule has 1 aromatic heterocycles. The van der Waals surface area contributed by atoms with Crippen LogP contribution in [0.4, 0.5) is 0 Å². The summed E-state index contributed by atoms with van der Waals surface area (Å²) < 4.78 is 5.62. The molecule has 0 aliphatic carbocycles. The Morgan fingerprint density at radius 2 is 2.47 bits per heavy atom. The highest BCUT2D eigenvalue weighted by Crippen LogP contribution is 2.36. The van der Waals surface area contributed by atoms with Crippen molar-refractivity contribution in [3.63, 3.8) is 0 Å². The summed E-state index contributed by atoms with van der Waals surface area (Å²) >= 11 is 1.67. The summed E-state index contributed by atoms with van der Waals surface area (Å²) in [6, 6.07) is 5.69. The fourth-order valence-electron chi connectivity index (χ4n) is 2.35. The fourth-order valence-corrected chi connectivity index (χ4v) is 3.13. The van der Waals surface area contributed by atoms with Crippen LogP contribution in [0.15, 0.2) is 29.8 Å². The predicted octanol–water partition coefficient (Wildman–Crippen LogP) is 3.02. The molecule has 100 valence electrons. The lowest BCUT2D eigenvalue weighted by atomic mass is 10.1. The Hall–Kier alpha value is -1.59. The van der Waals surface area contributed by atoms with Crippen molar-refractivity contribution in [2.75, 3.05) is 6.61 Å². The molecule has 0 saturated carbocycles. The van der Waals surface area contributed by atoms with Crippen LogP contribution in [0.3, 0.4) is 0 Å². The van der Waals surface area contributed by atoms with Gasteiger partial charge in [-0.05, 0) is 18.6 Å². The largest absolute Gasteiger partial charge is 0.508 e. The van der Waals surface area contributed by atoms with Crippen molar-refractivity contribution < 1.29 is 9.84 Å². The highest BCUT2D eigenvalue weighted by Gasteiger charge is 2.27. The van der Waals surface area contributed by atoms with Gasteiger partial charge in [-0.15, -0.1) is 11.3 Å². The molecule has 2 atom stereocenters. The highest BCUT2D eigenvalue weighted by atomic mass is 32.1. The second kappa shape index (κ2) is 5.19. The number of nitrogens with zero attached hydrogens (tertiary/aromatic N) is 1. The molecule has 0 fully saturated rings. The number of phenolic OH excluding ortho intramolecular Hbond substituents is 1. The Morgan fingerprint density at radius 3 is 3.21 bits per heavy atom. The lowest BCUT2D eigenvalue weighted by Crippen LogP contribution is -2.27. The SMILES string of the molecule is CCC(NC1COc2cc(O)ccc21)c1nccs1. The summed E-state index contributed by atoms with van der Waals surface area (Å²) in [7, 11) is 0. The van der Waals surface area contributed by atoms with Crippen LogP contribution in [-0.2, 0) is 0 Å². The molecule has 2 aromatic rings. The van der Waals surface area contributed by atoms with E-state index in [-0.39, 0.29) is 17.8 Å². The van der Waals surface area contributed by atoms with Crippen LogP contribution >= 0.6 is 11.3 Å². The maximum atomic E-state index is 9.45. The van der Waals surface area contributed by atoms with E-state index in [1.165, 1.54) is 0 Å². The molecule has 1 aromatic carbocycles. The number of nitrogens with one attached hydrogen (secondary N) is 1. The number of phenols is 1. The quantitative estimate of drug-likeness (QED) is 0.901. The summed E-state index contributed by atoms with van der Waals surface area (Å²) in [4.78, 5) is 4.37. The van der Waals surface area contributed by atoms with Crippen molar-refractivity contribution in [2.45, 2.75) is 25.4 Å². The first-order chi connectivity index (χ1) is 9.28. The van der Waals surface area contributed by atoms with E-state index in [0.717, 1.165) is 22.7 Å². The number of hydrogen-bond donors (Lipinski definition) is 2. The molecule has 1 aliphatic rings. The first-order valence-corrected chi connectivity index (χ1v) is 7.27. The molecule has 0 radical (unpaired) electrons. The Bertz CT molecular complexity index is 557. The van der Waals surface area contributed by atoms with E-state index in [4.69, 9.17) is 4.74 Å². The number of ether oxygens (including phenoxy) is 1. The Kier molecular flexibility index (Phi) is 3.40. The third-order valence-corrected chi connectivity index (χ3v) is 4.23. The van der Waals surface area contributed by atoms with Crippen LogP contribution < -0.4 is 10.1 Å². The van der Waals surface area contributed by atoms with Crippen molar-refractivity contribution in [2.24, 2.45) is 0 Å². The minimum absolute atomic E-state index is 0.157. The maximum absolute atomic E-state index is 9.45. The molecular weight excluding hydrogens is 260 g/mol. The first-order valence-electron chi connectivity index (χ1n) is 6.39. The summed E-state index contributed by atoms with van der Waals surface area (Å²) in [6.45, 7) is 2.74. The van der Waals surface area contributed by atoms with Crippen LogP contribution in [0.25, 0.3) is 0 Å². The van der Waals surface area contributed by atoms with Gasteiger partial charge in [0, 0.05) is 23.2 Å². The summed E-state index contributed by atoms with van der Waals surface area (Å²) in [5, 5.41) is 16.1. The zero-order valence-electron chi connectivity index (χ0n) is 10.7. The second-order valence-corrected chi connectivity index (χ2v) is 5.51. The van der Waals surface area contributed by atoms with Gasteiger partial charge in [0.05, 0.1) is 12.1 Å². The predicted molar refractivity (Wildman–Crippen MR) is 74.6 cm³/mol. The topological polar surface area (TPSA) is 54.4 Å². The molecule has 3 rings (SSSR count). The van der Waals surface area contributed by atoms with E-state index in [0.29, 0.717) is 6.61 Å². The van der Waals surface area contributed by atoms with Crippen molar-refractivity contribution in [1.29, 1.82) is 0 Å². The third-order valence-electron chi connectivity index (χ3n) is 3.34. The van der Waals surface area contributed by atoms with Gasteiger partial charge >= 0.3 is 0 Å². The molecule has 5 heteroatoms. The van der Waals surface area contributed by atoms with E-state index in [2.05, 4.69) is 17.2 Å². The van der Waals surface area contributed by atoms with Gasteiger partial charge < -0.3 is 9.84 Å². The van der Waals surface area contributed by atoms with Crippen LogP contribution in [0, 0.1) is 0 Å². The third kappa shape index (κ3) is 2.43. The molecule has 2 N–H and O–H groups in total. The number of hydrogen-bond acceptors (Lipinski definition) is 5. The Balaban J connectivity index is 1.79. The number of aromatic hydroxyl groups is 1. The molecule has 0 bridgehead atoms. The van der Waals surface area contributed by atoms with E-state index in [1.54, 1.807) is 23.5 Å². The monoisotopic (exact) mass is 276 g/mol. The van der Waals surface area contributed by atoms with E-state index in [9.17, 15) is 5.11 Å². The van der Waals surface area contributed by atoms with Crippen LogP contribution in [0.2, 0.25) is 0 Å². The number of thiazole rings is 1. The van der Waals surface area contributed by atoms with Gasteiger partial charge in [-0.2, -0.15) is 0 Å². The fraction of sp³-hybridized carbons (Fsp3) is 0.357. The summed E-state index contributed by atoms with van der Waals surface area (Å²) in [5.74, 6) is 1.01. The number of benzene rings is 1. The molecule has 1 aliphatic heterocycles. The van der Waals surface area contributed by atoms with Gasteiger partial charge in [0.2, 0.25) is 0 Å². The van der Waals surface area contributed by atoms with Crippen molar-refractivity contribution in [1.82, 2.24) is 10.3 Å². The van der Waals surface area contributed by atoms with Gasteiger partial charge in [-0.3, -0.25) is 5.32 Å². The molecule has 0 spiro atoms. The summed E-state index contributed by atoms with van der Waals surface area (Å²) in [6.07, 6.45) is 2.82. The maximum Gasteiger partial charge on any atom is 0.127 e. The molecular formula is C14H16N2O2S. The van der Waals surface area contributed by atoms with Gasteiger partial charge in [0.1, 0.15) is 23.1 Å². The lowest BCUT2D eigenvalue weighted by Gasteiger charge is -2.19. The standard InChI is InChI=1S/C14H16N2O2S/c1-2-11(14-15-5-6-19-14)16-12-8-18-13-7-9(17)3-4-10(12)13/h3-7,11-12,16-17H,2,8H2,1H3. The summed E-state index contributed by atoms with van der Waals surface area (Å²) in [5.41, 5.74) is 1.10. The molecule has 19 heavy (non-hydrogen) atoms. The van der Waals surface area contributed by atoms with Crippen molar-refractivity contribution in [3.8, 4) is 11.5 Å². The molecule has 0 saturated heterocycles. The van der Waals surface area contributed by atoms with Gasteiger partial charge in [0.25, 0.3) is 0 Å². The van der Waals surface area contributed by atoms with Crippen LogP contribution in [-0.4, -0.2) is 16.7 Å². The Labute approximate surface area is 116 Å². The van der Waals surface area contributed by atoms with Crippen LogP contribution in [0.1, 0.15) is 36.0 Å². The smallest absolute Gasteiger partial charge is 0.127 e. The molecule has 2 heterocycles. The van der Waals surface area contributed by atoms with Crippen molar-refractivity contribution in [3.05, 3.63) is 40.3 Å². The number of aromatic nitrogens is 1. The van der Waals surface area contributed by atoms with E-state index < -0.39 is 0 Å². The zero-order chi connectivity index (χ0) is 13.2. The number of fused-ring (bicyclic) bond motifs is 1. The van der Waals surface area contributed by atoms with Crippen molar-refractivity contribution >= 4 is 11.3 Å². The van der Waals surface area contributed by atoms with Gasteiger partial charge in [-0.25, -0.2) is 4.98 Å². The molecule has 4 nitrogen and oxygen atoms in total. The lowest BCUT2D eigenvalue weighted by molar-refractivity contribution is 0.295. The minimum Gasteiger partial charge on any atom is -0.508 e. The average molecular weight is 276 g/mol. The van der Waals surface area contributed by atoms with Gasteiger partial charge in [-0.1, -0.05) is 6.92 Å². The molecule has 0 amide bonds. The van der Waals surface area contributed by atoms with E-state index in [1.807, 2.05) is 17.6 Å². The minimum atomic E-state index is 0.157. The zero-order valence-corrected chi connectivity index (χ0v) is 11.5.